The van der Waals surface area contributed by atoms with Crippen molar-refractivity contribution in [1.82, 2.24) is 15.1 Å². The van der Waals surface area contributed by atoms with E-state index in [1.807, 2.05) is 4.90 Å². The molecule has 94 valence electrons. The quantitative estimate of drug-likeness (QED) is 0.877. The van der Waals surface area contributed by atoms with E-state index in [0.29, 0.717) is 10.1 Å². The van der Waals surface area contributed by atoms with Crippen molar-refractivity contribution in [2.75, 3.05) is 25.5 Å². The van der Waals surface area contributed by atoms with Crippen LogP contribution >= 0.6 is 11.3 Å². The van der Waals surface area contributed by atoms with Gasteiger partial charge in [0.25, 0.3) is 5.91 Å². The molecule has 2 rings (SSSR count). The lowest BCUT2D eigenvalue weighted by Gasteiger charge is -2.23. The van der Waals surface area contributed by atoms with Gasteiger partial charge in [-0.2, -0.15) is 0 Å². The summed E-state index contributed by atoms with van der Waals surface area (Å²) in [5.41, 5.74) is 0. The molecule has 1 fully saturated rings. The third kappa shape index (κ3) is 3.15. The molecule has 1 saturated heterocycles. The van der Waals surface area contributed by atoms with Crippen molar-refractivity contribution in [2.24, 2.45) is 0 Å². The Morgan fingerprint density at radius 2 is 1.82 bits per heavy atom. The predicted molar refractivity (Wildman–Crippen MR) is 68.4 cm³/mol. The Morgan fingerprint density at radius 3 is 2.41 bits per heavy atom. The number of nitrogens with zero attached hydrogens (tertiary/aromatic N) is 3. The van der Waals surface area contributed by atoms with Gasteiger partial charge in [-0.15, -0.1) is 10.2 Å². The maximum atomic E-state index is 12.2. The van der Waals surface area contributed by atoms with Crippen LogP contribution in [-0.4, -0.2) is 41.1 Å². The van der Waals surface area contributed by atoms with E-state index in [-0.39, 0.29) is 5.91 Å². The van der Waals surface area contributed by atoms with E-state index >= 15 is 0 Å². The zero-order chi connectivity index (χ0) is 12.1. The Morgan fingerprint density at radius 1 is 1.18 bits per heavy atom. The maximum absolute atomic E-state index is 12.2. The number of rotatable bonds is 2. The molecule has 1 aromatic rings. The molecule has 1 amide bonds. The summed E-state index contributed by atoms with van der Waals surface area (Å²) in [6, 6.07) is 0. The van der Waals surface area contributed by atoms with E-state index in [2.05, 4.69) is 15.5 Å². The van der Waals surface area contributed by atoms with Gasteiger partial charge in [0.1, 0.15) is 0 Å². The zero-order valence-electron chi connectivity index (χ0n) is 10.1. The molecule has 1 N–H and O–H groups in total. The molecule has 0 saturated carbocycles. The van der Waals surface area contributed by atoms with Gasteiger partial charge in [-0.3, -0.25) is 4.79 Å². The van der Waals surface area contributed by atoms with Crippen LogP contribution in [0.25, 0.3) is 0 Å². The molecule has 2 heterocycles. The fourth-order valence-electron chi connectivity index (χ4n) is 2.00. The van der Waals surface area contributed by atoms with Crippen LogP contribution in [0.2, 0.25) is 0 Å². The summed E-state index contributed by atoms with van der Waals surface area (Å²) < 4.78 is 0. The molecule has 0 atom stereocenters. The summed E-state index contributed by atoms with van der Waals surface area (Å²) in [4.78, 5) is 14.1. The molecule has 6 heteroatoms. The summed E-state index contributed by atoms with van der Waals surface area (Å²) in [7, 11) is 1.78. The van der Waals surface area contributed by atoms with Crippen LogP contribution in [-0.2, 0) is 0 Å². The van der Waals surface area contributed by atoms with Gasteiger partial charge in [-0.05, 0) is 12.8 Å². The first-order chi connectivity index (χ1) is 8.31. The first-order valence-corrected chi connectivity index (χ1v) is 6.93. The van der Waals surface area contributed by atoms with Crippen LogP contribution in [0.1, 0.15) is 41.9 Å². The Balaban J connectivity index is 2.01. The third-order valence-corrected chi connectivity index (χ3v) is 3.89. The lowest BCUT2D eigenvalue weighted by atomic mass is 10.1. The van der Waals surface area contributed by atoms with Crippen molar-refractivity contribution in [2.45, 2.75) is 32.1 Å². The lowest BCUT2D eigenvalue weighted by molar-refractivity contribution is 0.0741. The SMILES string of the molecule is CNc1nnc(C(=O)N2CCCCCCC2)s1. The Labute approximate surface area is 105 Å². The molecule has 1 aliphatic heterocycles. The second kappa shape index (κ2) is 5.95. The van der Waals surface area contributed by atoms with Gasteiger partial charge < -0.3 is 10.2 Å². The van der Waals surface area contributed by atoms with Crippen molar-refractivity contribution in [3.63, 3.8) is 0 Å². The van der Waals surface area contributed by atoms with Crippen molar-refractivity contribution in [1.29, 1.82) is 0 Å². The highest BCUT2D eigenvalue weighted by molar-refractivity contribution is 7.17. The van der Waals surface area contributed by atoms with Gasteiger partial charge in [0, 0.05) is 20.1 Å². The monoisotopic (exact) mass is 254 g/mol. The second-order valence-corrected chi connectivity index (χ2v) is 5.20. The average molecular weight is 254 g/mol. The number of likely N-dealkylation sites (tertiary alicyclic amines) is 1. The number of nitrogens with one attached hydrogen (secondary N) is 1. The molecule has 5 nitrogen and oxygen atoms in total. The summed E-state index contributed by atoms with van der Waals surface area (Å²) in [6.07, 6.45) is 5.95. The fraction of sp³-hybridized carbons (Fsp3) is 0.727. The summed E-state index contributed by atoms with van der Waals surface area (Å²) >= 11 is 1.32. The standard InChI is InChI=1S/C11H18N4OS/c1-12-11-14-13-9(17-11)10(16)15-7-5-3-2-4-6-8-15/h2-8H2,1H3,(H,12,14). The highest BCUT2D eigenvalue weighted by Gasteiger charge is 2.20. The van der Waals surface area contributed by atoms with Gasteiger partial charge in [0.2, 0.25) is 10.1 Å². The highest BCUT2D eigenvalue weighted by atomic mass is 32.1. The van der Waals surface area contributed by atoms with Crippen molar-refractivity contribution < 1.29 is 4.79 Å². The molecule has 1 aliphatic rings. The number of amides is 1. The zero-order valence-corrected chi connectivity index (χ0v) is 10.9. The number of hydrogen-bond donors (Lipinski definition) is 1. The number of anilines is 1. The molecule has 0 spiro atoms. The molecular weight excluding hydrogens is 236 g/mol. The van der Waals surface area contributed by atoms with Crippen molar-refractivity contribution in [3.05, 3.63) is 5.01 Å². The number of carbonyl (C=O) groups is 1. The molecule has 0 aliphatic carbocycles. The molecule has 0 unspecified atom stereocenters. The van der Waals surface area contributed by atoms with Crippen LogP contribution in [0, 0.1) is 0 Å². The largest absolute Gasteiger partial charge is 0.363 e. The number of hydrogen-bond acceptors (Lipinski definition) is 5. The van der Waals surface area contributed by atoms with Crippen molar-refractivity contribution >= 4 is 22.4 Å². The normalized spacial score (nSPS) is 17.4. The van der Waals surface area contributed by atoms with Crippen LogP contribution in [0.5, 0.6) is 0 Å². The van der Waals surface area contributed by atoms with Crippen molar-refractivity contribution in [3.8, 4) is 0 Å². The number of aromatic nitrogens is 2. The molecule has 0 bridgehead atoms. The Hall–Kier alpha value is -1.17. The minimum atomic E-state index is 0.0332. The average Bonchev–Trinajstić information content (AvgIpc) is 2.76. The van der Waals surface area contributed by atoms with E-state index < -0.39 is 0 Å². The Kier molecular flexibility index (Phi) is 4.30. The van der Waals surface area contributed by atoms with Gasteiger partial charge >= 0.3 is 0 Å². The topological polar surface area (TPSA) is 58.1 Å². The summed E-state index contributed by atoms with van der Waals surface area (Å²) in [5, 5.41) is 11.9. The first-order valence-electron chi connectivity index (χ1n) is 6.12. The summed E-state index contributed by atoms with van der Waals surface area (Å²) in [6.45, 7) is 1.71. The minimum absolute atomic E-state index is 0.0332. The van der Waals surface area contributed by atoms with Gasteiger partial charge in [0.05, 0.1) is 0 Å². The second-order valence-electron chi connectivity index (χ2n) is 4.22. The summed E-state index contributed by atoms with van der Waals surface area (Å²) in [5.74, 6) is 0.0332. The smallest absolute Gasteiger partial charge is 0.284 e. The van der Waals surface area contributed by atoms with Crippen LogP contribution in [0.3, 0.4) is 0 Å². The molecule has 1 aromatic heterocycles. The van der Waals surface area contributed by atoms with Crippen LogP contribution in [0.4, 0.5) is 5.13 Å². The molecule has 0 radical (unpaired) electrons. The van der Waals surface area contributed by atoms with Gasteiger partial charge in [-0.1, -0.05) is 30.6 Å². The third-order valence-electron chi connectivity index (χ3n) is 2.97. The number of carbonyl (C=O) groups excluding carboxylic acids is 1. The van der Waals surface area contributed by atoms with Crippen LogP contribution in [0.15, 0.2) is 0 Å². The lowest BCUT2D eigenvalue weighted by Crippen LogP contribution is -2.33. The van der Waals surface area contributed by atoms with Gasteiger partial charge in [-0.25, -0.2) is 0 Å². The first kappa shape index (κ1) is 12.3. The fourth-order valence-corrected chi connectivity index (χ4v) is 2.66. The van der Waals surface area contributed by atoms with E-state index in [1.54, 1.807) is 7.05 Å². The van der Waals surface area contributed by atoms with Crippen LogP contribution < -0.4 is 5.32 Å². The van der Waals surface area contributed by atoms with E-state index in [1.165, 1.54) is 30.6 Å². The van der Waals surface area contributed by atoms with Gasteiger partial charge in [0.15, 0.2) is 0 Å². The maximum Gasteiger partial charge on any atom is 0.284 e. The molecule has 17 heavy (non-hydrogen) atoms. The van der Waals surface area contributed by atoms with E-state index in [0.717, 1.165) is 25.9 Å². The minimum Gasteiger partial charge on any atom is -0.363 e. The molecular formula is C11H18N4OS. The highest BCUT2D eigenvalue weighted by Crippen LogP contribution is 2.18. The van der Waals surface area contributed by atoms with E-state index in [4.69, 9.17) is 0 Å². The Bertz CT molecular complexity index is 371. The van der Waals surface area contributed by atoms with E-state index in [9.17, 15) is 4.79 Å². The molecule has 0 aromatic carbocycles. The predicted octanol–water partition coefficient (Wildman–Crippen LogP) is 1.99.